The molecule has 0 amide bonds. The van der Waals surface area contributed by atoms with Crippen LogP contribution >= 0.6 is 0 Å². The van der Waals surface area contributed by atoms with Gasteiger partial charge >= 0.3 is 0 Å². The van der Waals surface area contributed by atoms with Crippen LogP contribution in [0.2, 0.25) is 0 Å². The van der Waals surface area contributed by atoms with Crippen LogP contribution in [0.1, 0.15) is 48.1 Å². The number of aryl methyl sites for hydroxylation is 2. The lowest BCUT2D eigenvalue weighted by atomic mass is 10.1. The molecule has 5 heteroatoms. The second-order valence-corrected chi connectivity index (χ2v) is 5.84. The van der Waals surface area contributed by atoms with Crippen molar-refractivity contribution in [1.29, 1.82) is 0 Å². The van der Waals surface area contributed by atoms with Crippen molar-refractivity contribution in [3.8, 4) is 5.75 Å². The molecule has 0 bridgehead atoms. The lowest BCUT2D eigenvalue weighted by Crippen LogP contribution is -2.14. The third-order valence-corrected chi connectivity index (χ3v) is 4.46. The zero-order valence-electron chi connectivity index (χ0n) is 12.0. The van der Waals surface area contributed by atoms with Gasteiger partial charge in [0.15, 0.2) is 5.82 Å². The van der Waals surface area contributed by atoms with Crippen LogP contribution in [0.15, 0.2) is 18.2 Å². The SMILES string of the molecule is O[C@@H]1CCc2cc(OCc3nnc4n3CCCC4)ccc21. The first-order valence-corrected chi connectivity index (χ1v) is 7.66. The second kappa shape index (κ2) is 5.15. The van der Waals surface area contributed by atoms with Crippen molar-refractivity contribution in [3.05, 3.63) is 41.0 Å². The van der Waals surface area contributed by atoms with Crippen LogP contribution in [-0.4, -0.2) is 19.9 Å². The Morgan fingerprint density at radius 1 is 1.24 bits per heavy atom. The summed E-state index contributed by atoms with van der Waals surface area (Å²) in [7, 11) is 0. The van der Waals surface area contributed by atoms with Crippen molar-refractivity contribution in [2.24, 2.45) is 0 Å². The van der Waals surface area contributed by atoms with Gasteiger partial charge in [0.25, 0.3) is 0 Å². The van der Waals surface area contributed by atoms with Crippen molar-refractivity contribution in [2.75, 3.05) is 0 Å². The molecule has 110 valence electrons. The highest BCUT2D eigenvalue weighted by Gasteiger charge is 2.21. The molecule has 5 nitrogen and oxygen atoms in total. The van der Waals surface area contributed by atoms with Crippen LogP contribution in [0.5, 0.6) is 5.75 Å². The molecule has 1 aliphatic heterocycles. The number of fused-ring (bicyclic) bond motifs is 2. The number of rotatable bonds is 3. The van der Waals surface area contributed by atoms with E-state index in [-0.39, 0.29) is 6.10 Å². The zero-order valence-corrected chi connectivity index (χ0v) is 12.0. The third kappa shape index (κ3) is 2.31. The Kier molecular flexibility index (Phi) is 3.15. The van der Waals surface area contributed by atoms with Gasteiger partial charge in [0.2, 0.25) is 0 Å². The first-order valence-electron chi connectivity index (χ1n) is 7.66. The van der Waals surface area contributed by atoms with Gasteiger partial charge in [-0.2, -0.15) is 0 Å². The molecule has 0 radical (unpaired) electrons. The molecule has 21 heavy (non-hydrogen) atoms. The van der Waals surface area contributed by atoms with Gasteiger partial charge in [0.1, 0.15) is 18.2 Å². The van der Waals surface area contributed by atoms with Gasteiger partial charge in [-0.25, -0.2) is 0 Å². The van der Waals surface area contributed by atoms with E-state index in [0.29, 0.717) is 6.61 Å². The number of aromatic nitrogens is 3. The quantitative estimate of drug-likeness (QED) is 0.939. The maximum atomic E-state index is 9.82. The van der Waals surface area contributed by atoms with E-state index in [2.05, 4.69) is 14.8 Å². The van der Waals surface area contributed by atoms with Gasteiger partial charge in [0, 0.05) is 13.0 Å². The standard InChI is InChI=1S/C16H19N3O2/c20-14-7-4-11-9-12(5-6-13(11)14)21-10-16-18-17-15-3-1-2-8-19(15)16/h5-6,9,14,20H,1-4,7-8,10H2/t14-/m1/s1. The predicted molar refractivity (Wildman–Crippen MR) is 77.0 cm³/mol. The third-order valence-electron chi connectivity index (χ3n) is 4.46. The van der Waals surface area contributed by atoms with E-state index in [1.807, 2.05) is 18.2 Å². The average Bonchev–Trinajstić information content (AvgIpc) is 3.09. The molecule has 0 unspecified atom stereocenters. The molecule has 1 aromatic heterocycles. The summed E-state index contributed by atoms with van der Waals surface area (Å²) in [5.41, 5.74) is 2.24. The van der Waals surface area contributed by atoms with Crippen LogP contribution in [0.3, 0.4) is 0 Å². The van der Waals surface area contributed by atoms with E-state index in [0.717, 1.165) is 48.8 Å². The number of ether oxygens (including phenoxy) is 1. The summed E-state index contributed by atoms with van der Waals surface area (Å²) in [4.78, 5) is 0. The van der Waals surface area contributed by atoms with Crippen LogP contribution < -0.4 is 4.74 Å². The molecule has 1 atom stereocenters. The van der Waals surface area contributed by atoms with Gasteiger partial charge < -0.3 is 14.4 Å². The smallest absolute Gasteiger partial charge is 0.171 e. The Morgan fingerprint density at radius 2 is 2.19 bits per heavy atom. The summed E-state index contributed by atoms with van der Waals surface area (Å²) in [6.45, 7) is 1.45. The summed E-state index contributed by atoms with van der Waals surface area (Å²) in [6.07, 6.45) is 4.84. The van der Waals surface area contributed by atoms with Gasteiger partial charge in [-0.05, 0) is 48.9 Å². The first-order chi connectivity index (χ1) is 10.3. The molecule has 0 saturated carbocycles. The number of nitrogens with zero attached hydrogens (tertiary/aromatic N) is 3. The number of benzene rings is 1. The molecule has 1 aliphatic carbocycles. The maximum Gasteiger partial charge on any atom is 0.171 e. The minimum atomic E-state index is -0.308. The summed E-state index contributed by atoms with van der Waals surface area (Å²) < 4.78 is 8.05. The van der Waals surface area contributed by atoms with Crippen molar-refractivity contribution in [1.82, 2.24) is 14.8 Å². The van der Waals surface area contributed by atoms with Crippen molar-refractivity contribution in [3.63, 3.8) is 0 Å². The topological polar surface area (TPSA) is 60.2 Å². The summed E-state index contributed by atoms with van der Waals surface area (Å²) >= 11 is 0. The van der Waals surface area contributed by atoms with Crippen LogP contribution in [0.4, 0.5) is 0 Å². The molecule has 0 saturated heterocycles. The van der Waals surface area contributed by atoms with Gasteiger partial charge in [0.05, 0.1) is 6.10 Å². The molecule has 2 heterocycles. The fourth-order valence-corrected chi connectivity index (χ4v) is 3.28. The molecule has 0 fully saturated rings. The fourth-order valence-electron chi connectivity index (χ4n) is 3.28. The maximum absolute atomic E-state index is 9.82. The summed E-state index contributed by atoms with van der Waals surface area (Å²) in [5.74, 6) is 2.83. The minimum absolute atomic E-state index is 0.308. The highest BCUT2D eigenvalue weighted by molar-refractivity contribution is 5.39. The van der Waals surface area contributed by atoms with Gasteiger partial charge in [-0.1, -0.05) is 6.07 Å². The lowest BCUT2D eigenvalue weighted by Gasteiger charge is -2.15. The van der Waals surface area contributed by atoms with E-state index in [1.165, 1.54) is 18.4 Å². The average molecular weight is 285 g/mol. The Balaban J connectivity index is 1.49. The highest BCUT2D eigenvalue weighted by Crippen LogP contribution is 2.33. The molecule has 1 N–H and O–H groups in total. The lowest BCUT2D eigenvalue weighted by molar-refractivity contribution is 0.180. The largest absolute Gasteiger partial charge is 0.486 e. The Labute approximate surface area is 123 Å². The van der Waals surface area contributed by atoms with E-state index in [1.54, 1.807) is 0 Å². The van der Waals surface area contributed by atoms with Crippen LogP contribution in [0, 0.1) is 0 Å². The van der Waals surface area contributed by atoms with Crippen molar-refractivity contribution < 1.29 is 9.84 Å². The molecule has 2 aliphatic rings. The molecule has 0 spiro atoms. The Morgan fingerprint density at radius 3 is 3.14 bits per heavy atom. The Hall–Kier alpha value is -1.88. The van der Waals surface area contributed by atoms with E-state index < -0.39 is 0 Å². The number of hydrogen-bond acceptors (Lipinski definition) is 4. The fraction of sp³-hybridized carbons (Fsp3) is 0.500. The highest BCUT2D eigenvalue weighted by atomic mass is 16.5. The van der Waals surface area contributed by atoms with E-state index in [9.17, 15) is 5.11 Å². The van der Waals surface area contributed by atoms with E-state index >= 15 is 0 Å². The normalized spacial score (nSPS) is 20.1. The predicted octanol–water partition coefficient (Wildman–Crippen LogP) is 2.17. The van der Waals surface area contributed by atoms with E-state index in [4.69, 9.17) is 4.74 Å². The molecular weight excluding hydrogens is 266 g/mol. The van der Waals surface area contributed by atoms with Gasteiger partial charge in [-0.15, -0.1) is 10.2 Å². The monoisotopic (exact) mass is 285 g/mol. The zero-order chi connectivity index (χ0) is 14.2. The first kappa shape index (κ1) is 12.8. The molecular formula is C16H19N3O2. The summed E-state index contributed by atoms with van der Waals surface area (Å²) in [6, 6.07) is 5.95. The minimum Gasteiger partial charge on any atom is -0.486 e. The van der Waals surface area contributed by atoms with Crippen molar-refractivity contribution >= 4 is 0 Å². The van der Waals surface area contributed by atoms with Gasteiger partial charge in [-0.3, -0.25) is 0 Å². The van der Waals surface area contributed by atoms with Crippen LogP contribution in [0.25, 0.3) is 0 Å². The molecule has 2 aromatic rings. The molecule has 1 aromatic carbocycles. The number of hydrogen-bond donors (Lipinski definition) is 1. The molecule has 4 rings (SSSR count). The second-order valence-electron chi connectivity index (χ2n) is 5.84. The number of aliphatic hydroxyl groups excluding tert-OH is 1. The summed E-state index contributed by atoms with van der Waals surface area (Å²) in [5, 5.41) is 18.3. The number of aliphatic hydroxyl groups is 1. The Bertz CT molecular complexity index is 666. The van der Waals surface area contributed by atoms with Crippen LogP contribution in [-0.2, 0) is 26.0 Å². The van der Waals surface area contributed by atoms with Crippen molar-refractivity contribution in [2.45, 2.75) is 51.4 Å².